The molecule has 27 heteroatoms. The van der Waals surface area contributed by atoms with Gasteiger partial charge in [-0.1, -0.05) is 286 Å². The molecule has 0 saturated heterocycles. The van der Waals surface area contributed by atoms with Crippen molar-refractivity contribution >= 4 is 296 Å². The van der Waals surface area contributed by atoms with Crippen LogP contribution in [0.15, 0.2) is 290 Å². The fraction of sp³-hybridized carbons (Fsp3) is 0.111. The molecule has 12 aromatic carbocycles. The molecule has 0 saturated carbocycles. The minimum atomic E-state index is 0.520. The number of halogens is 21. The van der Waals surface area contributed by atoms with E-state index in [1.807, 2.05) is 218 Å². The first-order chi connectivity index (χ1) is 51.6. The Labute approximate surface area is 775 Å². The van der Waals surface area contributed by atoms with E-state index in [4.69, 9.17) is 133 Å². The van der Waals surface area contributed by atoms with Gasteiger partial charge in [0.25, 0.3) is 0 Å². The van der Waals surface area contributed by atoms with Crippen molar-refractivity contribution in [3.63, 3.8) is 0 Å². The molecule has 0 unspecified atom stereocenters. The highest BCUT2D eigenvalue weighted by atomic mass is 79.9. The van der Waals surface area contributed by atoms with Gasteiger partial charge in [-0.2, -0.15) is 0 Å². The summed E-state index contributed by atoms with van der Waals surface area (Å²) in [5, 5.41) is 6.15. The van der Waals surface area contributed by atoms with Gasteiger partial charge >= 0.3 is 0 Å². The average Bonchev–Trinajstić information content (AvgIpc) is 0.887. The normalized spacial score (nSPS) is 10.4. The Bertz CT molecular complexity index is 4770. The molecule has 6 nitrogen and oxygen atoms in total. The van der Waals surface area contributed by atoms with Gasteiger partial charge in [-0.05, 0) is 279 Å². The number of rotatable bonds is 21. The second kappa shape index (κ2) is 49.7. The summed E-state index contributed by atoms with van der Waals surface area (Å²) in [7, 11) is 0. The molecule has 0 aliphatic rings. The molecule has 0 heterocycles. The van der Waals surface area contributed by atoms with Gasteiger partial charge < -0.3 is 28.4 Å². The predicted octanol–water partition coefficient (Wildman–Crippen LogP) is 34.8. The van der Waals surface area contributed by atoms with Crippen LogP contribution in [0.5, 0.6) is 34.5 Å². The fourth-order valence-corrected chi connectivity index (χ4v) is 16.9. The Hall–Kier alpha value is -2.19. The van der Waals surface area contributed by atoms with Gasteiger partial charge in [-0.3, -0.25) is 0 Å². The van der Waals surface area contributed by atoms with Crippen molar-refractivity contribution in [3.05, 3.63) is 369 Å². The van der Waals surface area contributed by atoms with Crippen molar-refractivity contribution in [2.75, 3.05) is 19.8 Å². The maximum atomic E-state index is 6.11. The number of benzene rings is 12. The molecule has 0 aliphatic carbocycles. The van der Waals surface area contributed by atoms with E-state index in [0.717, 1.165) is 156 Å². The zero-order chi connectivity index (χ0) is 78.2. The Morgan fingerprint density at radius 3 is 0.833 bits per heavy atom. The highest BCUT2D eigenvalue weighted by molar-refractivity contribution is 9.12. The Morgan fingerprint density at radius 2 is 0.481 bits per heavy atom. The largest absolute Gasteiger partial charge is 0.493 e. The van der Waals surface area contributed by atoms with Gasteiger partial charge in [0.15, 0.2) is 0 Å². The van der Waals surface area contributed by atoms with Crippen molar-refractivity contribution in [1.82, 2.24) is 0 Å². The lowest BCUT2D eigenvalue weighted by Crippen LogP contribution is -2.02. The second-order valence-corrected chi connectivity index (χ2v) is 36.8. The van der Waals surface area contributed by atoms with Crippen molar-refractivity contribution < 1.29 is 28.4 Å². The van der Waals surface area contributed by atoms with Gasteiger partial charge in [0.2, 0.25) is 0 Å². The molecule has 0 radical (unpaired) electrons. The Kier molecular flexibility index (Phi) is 42.8. The van der Waals surface area contributed by atoms with Crippen LogP contribution in [0.4, 0.5) is 0 Å². The van der Waals surface area contributed by atoms with Crippen LogP contribution in [0.1, 0.15) is 33.4 Å². The van der Waals surface area contributed by atoms with E-state index in [0.29, 0.717) is 69.8 Å². The van der Waals surface area contributed by atoms with E-state index >= 15 is 0 Å². The first-order valence-corrected chi connectivity index (χ1v) is 44.6. The van der Waals surface area contributed by atoms with Crippen LogP contribution in [0.2, 0.25) is 45.2 Å². The quantitative estimate of drug-likeness (QED) is 0.0715. The highest BCUT2D eigenvalue weighted by Gasteiger charge is 2.11. The van der Waals surface area contributed by atoms with E-state index < -0.39 is 0 Å². The van der Waals surface area contributed by atoms with Crippen LogP contribution in [-0.2, 0) is 39.1 Å². The van der Waals surface area contributed by atoms with Crippen LogP contribution in [0, 0.1) is 0 Å². The SMILES string of the molecule is Clc1ccc(CCOc2cc(Br)cc(Br)c2)c(Cl)c1.Clc1ccc(CCOc2cc(Br)ccc2Br)c(Cl)c1.Clc1ccc(CCOc2ccc(Br)cc2Br)c(Cl)c1.Clc1ccc(COc2cc(Br)cc(Br)c2)cc1.Clc1ccc(COc2cc(Br)ccc2Br)cc1.Clc1ccc(COc2ccc(Br)cc2Br)cc1. The maximum absolute atomic E-state index is 6.11. The summed E-state index contributed by atoms with van der Waals surface area (Å²) in [6.45, 7) is 3.24. The van der Waals surface area contributed by atoms with Crippen LogP contribution in [0.3, 0.4) is 0 Å². The van der Waals surface area contributed by atoms with Crippen LogP contribution >= 0.6 is 296 Å². The summed E-state index contributed by atoms with van der Waals surface area (Å²) in [5.74, 6) is 4.89. The lowest BCUT2D eigenvalue weighted by Gasteiger charge is -2.09. The number of hydrogen-bond donors (Lipinski definition) is 0. The molecular formula is C81H57Br12Cl9O6. The first-order valence-electron chi connectivity index (χ1n) is 31.6. The van der Waals surface area contributed by atoms with Gasteiger partial charge in [0, 0.05) is 100 Å². The summed E-state index contributed by atoms with van der Waals surface area (Å²) in [4.78, 5) is 0. The highest BCUT2D eigenvalue weighted by Crippen LogP contribution is 2.35. The molecule has 0 bridgehead atoms. The Balaban J connectivity index is 0.000000181. The smallest absolute Gasteiger partial charge is 0.135 e. The molecule has 12 rings (SSSR count). The van der Waals surface area contributed by atoms with Gasteiger partial charge in [-0.25, -0.2) is 0 Å². The standard InChI is InChI=1S/3C14H10Br2Cl2O.3C13H9Br2ClO/c15-10-2-4-14(12(16)7-10)19-6-5-9-1-3-11(17)8-13(9)18;15-10-2-4-12(16)14(7-10)19-6-5-9-1-3-11(17)8-13(9)18;15-10-5-11(16)7-13(6-10)19-4-3-9-1-2-12(17)8-14(9)18;14-10-3-6-13(12(15)7-10)17-8-9-1-4-11(16)5-2-9;14-10-3-6-12(15)13(7-10)17-8-9-1-4-11(16)5-2-9;14-10-5-11(15)7-13(6-10)17-8-9-1-3-12(16)4-2-9/h2*1-4,7-8H,5-6H2;1-2,5-8H,3-4H2;3*1-7H,8H2. The lowest BCUT2D eigenvalue weighted by molar-refractivity contribution is 0.304. The van der Waals surface area contributed by atoms with Crippen molar-refractivity contribution in [1.29, 1.82) is 0 Å². The fourth-order valence-electron chi connectivity index (χ4n) is 8.81. The molecule has 0 aromatic heterocycles. The second-order valence-electron chi connectivity index (χ2n) is 22.3. The number of ether oxygens (including phenoxy) is 6. The molecule has 108 heavy (non-hydrogen) atoms. The van der Waals surface area contributed by atoms with Gasteiger partial charge in [-0.15, -0.1) is 0 Å². The third kappa shape index (κ3) is 35.5. The predicted molar refractivity (Wildman–Crippen MR) is 495 cm³/mol. The summed E-state index contributed by atoms with van der Waals surface area (Å²) in [5.41, 5.74) is 6.34. The molecular weight excluding hydrogens is 2350 g/mol. The molecule has 0 atom stereocenters. The Morgan fingerprint density at radius 1 is 0.204 bits per heavy atom. The van der Waals surface area contributed by atoms with Crippen LogP contribution < -0.4 is 28.4 Å². The van der Waals surface area contributed by atoms with Crippen molar-refractivity contribution in [2.24, 2.45) is 0 Å². The van der Waals surface area contributed by atoms with Crippen LogP contribution in [-0.4, -0.2) is 19.8 Å². The molecule has 12 aromatic rings. The third-order valence-electron chi connectivity index (χ3n) is 14.1. The lowest BCUT2D eigenvalue weighted by atomic mass is 10.2. The van der Waals surface area contributed by atoms with E-state index in [1.165, 1.54) is 0 Å². The monoisotopic (exact) mass is 2390 g/mol. The van der Waals surface area contributed by atoms with Gasteiger partial charge in [0.05, 0.1) is 37.7 Å². The van der Waals surface area contributed by atoms with E-state index in [9.17, 15) is 0 Å². The summed E-state index contributed by atoms with van der Waals surface area (Å²) in [6, 6.07) is 74.3. The molecule has 0 fully saturated rings. The van der Waals surface area contributed by atoms with E-state index in [2.05, 4.69) is 191 Å². The zero-order valence-corrected chi connectivity index (χ0v) is 81.6. The van der Waals surface area contributed by atoms with E-state index in [-0.39, 0.29) is 0 Å². The van der Waals surface area contributed by atoms with Crippen LogP contribution in [0.25, 0.3) is 0 Å². The maximum Gasteiger partial charge on any atom is 0.135 e. The topological polar surface area (TPSA) is 55.4 Å². The van der Waals surface area contributed by atoms with Crippen molar-refractivity contribution in [2.45, 2.75) is 39.1 Å². The van der Waals surface area contributed by atoms with E-state index in [1.54, 1.807) is 18.2 Å². The van der Waals surface area contributed by atoms with Gasteiger partial charge in [0.1, 0.15) is 54.3 Å². The summed E-state index contributed by atoms with van der Waals surface area (Å²) < 4.78 is 45.9. The molecule has 0 amide bonds. The summed E-state index contributed by atoms with van der Waals surface area (Å²) >= 11 is 94.5. The van der Waals surface area contributed by atoms with Crippen molar-refractivity contribution in [3.8, 4) is 34.5 Å². The number of hydrogen-bond acceptors (Lipinski definition) is 6. The average molecular weight is 2400 g/mol. The molecule has 0 spiro atoms. The third-order valence-corrected chi connectivity index (χ3v) is 23.0. The minimum absolute atomic E-state index is 0.520. The minimum Gasteiger partial charge on any atom is -0.493 e. The first kappa shape index (κ1) is 93.0. The molecule has 0 N–H and O–H groups in total. The molecule has 0 aliphatic heterocycles. The zero-order valence-electron chi connectivity index (χ0n) is 55.8. The summed E-state index contributed by atoms with van der Waals surface area (Å²) in [6.07, 6.45) is 2.20. The molecule has 564 valence electrons.